The Labute approximate surface area is 112 Å². The molecule has 0 unspecified atom stereocenters. The standard InChI is InChI=1S/C13H20N4O2/c1-16-11(5-8-15-16)13(19)14-7-6-12(18)17-9-3-2-4-10-17/h5,8H,2-4,6-7,9-10H2,1H3,(H,14,19). The number of carbonyl (C=O) groups is 2. The van der Waals surface area contributed by atoms with Gasteiger partial charge in [0.15, 0.2) is 0 Å². The molecule has 6 nitrogen and oxygen atoms in total. The Morgan fingerprint density at radius 1 is 1.32 bits per heavy atom. The van der Waals surface area contributed by atoms with Crippen molar-refractivity contribution < 1.29 is 9.59 Å². The zero-order valence-corrected chi connectivity index (χ0v) is 11.3. The minimum absolute atomic E-state index is 0.130. The maximum Gasteiger partial charge on any atom is 0.269 e. The van der Waals surface area contributed by atoms with Gasteiger partial charge in [-0.25, -0.2) is 0 Å². The lowest BCUT2D eigenvalue weighted by Gasteiger charge is -2.26. The summed E-state index contributed by atoms with van der Waals surface area (Å²) in [5, 5.41) is 6.68. The van der Waals surface area contributed by atoms with Crippen LogP contribution in [0.25, 0.3) is 0 Å². The van der Waals surface area contributed by atoms with E-state index in [1.807, 2.05) is 4.90 Å². The first-order valence-corrected chi connectivity index (χ1v) is 6.72. The van der Waals surface area contributed by atoms with Crippen molar-refractivity contribution in [3.63, 3.8) is 0 Å². The number of aryl methyl sites for hydroxylation is 1. The number of aromatic nitrogens is 2. The fourth-order valence-electron chi connectivity index (χ4n) is 2.27. The monoisotopic (exact) mass is 264 g/mol. The third kappa shape index (κ3) is 3.56. The van der Waals surface area contributed by atoms with Crippen molar-refractivity contribution >= 4 is 11.8 Å². The second kappa shape index (κ2) is 6.36. The van der Waals surface area contributed by atoms with Crippen LogP contribution in [0.2, 0.25) is 0 Å². The van der Waals surface area contributed by atoms with Crippen molar-refractivity contribution in [3.05, 3.63) is 18.0 Å². The largest absolute Gasteiger partial charge is 0.350 e. The Morgan fingerprint density at radius 2 is 2.05 bits per heavy atom. The molecule has 0 bridgehead atoms. The van der Waals surface area contributed by atoms with Gasteiger partial charge in [0.2, 0.25) is 5.91 Å². The lowest BCUT2D eigenvalue weighted by molar-refractivity contribution is -0.131. The van der Waals surface area contributed by atoms with E-state index in [1.54, 1.807) is 19.3 Å². The molecule has 2 rings (SSSR count). The number of amides is 2. The molecule has 0 aromatic carbocycles. The van der Waals surface area contributed by atoms with E-state index in [-0.39, 0.29) is 11.8 Å². The van der Waals surface area contributed by atoms with E-state index in [1.165, 1.54) is 11.1 Å². The van der Waals surface area contributed by atoms with E-state index >= 15 is 0 Å². The lowest BCUT2D eigenvalue weighted by atomic mass is 10.1. The van der Waals surface area contributed by atoms with Crippen LogP contribution < -0.4 is 5.32 Å². The molecule has 0 radical (unpaired) electrons. The van der Waals surface area contributed by atoms with Gasteiger partial charge < -0.3 is 10.2 Å². The van der Waals surface area contributed by atoms with E-state index < -0.39 is 0 Å². The Kier molecular flexibility index (Phi) is 4.54. The predicted molar refractivity (Wildman–Crippen MR) is 70.6 cm³/mol. The molecule has 19 heavy (non-hydrogen) atoms. The summed E-state index contributed by atoms with van der Waals surface area (Å²) in [5.74, 6) is -0.0588. The van der Waals surface area contributed by atoms with Gasteiger partial charge in [-0.15, -0.1) is 0 Å². The average molecular weight is 264 g/mol. The van der Waals surface area contributed by atoms with Crippen molar-refractivity contribution in [1.29, 1.82) is 0 Å². The number of hydrogen-bond acceptors (Lipinski definition) is 3. The first kappa shape index (κ1) is 13.6. The molecule has 0 atom stereocenters. The highest BCUT2D eigenvalue weighted by molar-refractivity contribution is 5.92. The Hall–Kier alpha value is -1.85. The van der Waals surface area contributed by atoms with Crippen molar-refractivity contribution in [1.82, 2.24) is 20.0 Å². The Morgan fingerprint density at radius 3 is 2.68 bits per heavy atom. The molecule has 1 N–H and O–H groups in total. The summed E-state index contributed by atoms with van der Waals surface area (Å²) >= 11 is 0. The third-order valence-corrected chi connectivity index (χ3v) is 3.39. The van der Waals surface area contributed by atoms with Crippen LogP contribution in [-0.4, -0.2) is 46.1 Å². The Balaban J connectivity index is 1.73. The fourth-order valence-corrected chi connectivity index (χ4v) is 2.27. The van der Waals surface area contributed by atoms with Crippen molar-refractivity contribution in [3.8, 4) is 0 Å². The summed E-state index contributed by atoms with van der Waals surface area (Å²) in [5.41, 5.74) is 0.505. The third-order valence-electron chi connectivity index (χ3n) is 3.39. The minimum atomic E-state index is -0.188. The SMILES string of the molecule is Cn1nccc1C(=O)NCCC(=O)N1CCCCC1. The zero-order chi connectivity index (χ0) is 13.7. The van der Waals surface area contributed by atoms with E-state index in [0.717, 1.165) is 25.9 Å². The molecule has 1 aromatic rings. The second-order valence-electron chi connectivity index (χ2n) is 4.79. The van der Waals surface area contributed by atoms with Crippen LogP contribution in [0, 0.1) is 0 Å². The van der Waals surface area contributed by atoms with Gasteiger partial charge in [0.05, 0.1) is 0 Å². The van der Waals surface area contributed by atoms with Gasteiger partial charge in [0.1, 0.15) is 5.69 Å². The molecular formula is C13H20N4O2. The number of piperidine rings is 1. The number of rotatable bonds is 4. The second-order valence-corrected chi connectivity index (χ2v) is 4.79. The van der Waals surface area contributed by atoms with Gasteiger partial charge >= 0.3 is 0 Å². The van der Waals surface area contributed by atoms with Crippen LogP contribution in [0.15, 0.2) is 12.3 Å². The van der Waals surface area contributed by atoms with E-state index in [0.29, 0.717) is 18.7 Å². The summed E-state index contributed by atoms with van der Waals surface area (Å²) in [6.45, 7) is 2.09. The van der Waals surface area contributed by atoms with Gasteiger partial charge in [-0.05, 0) is 25.3 Å². The molecule has 1 saturated heterocycles. The number of likely N-dealkylation sites (tertiary alicyclic amines) is 1. The summed E-state index contributed by atoms with van der Waals surface area (Å²) in [7, 11) is 1.72. The van der Waals surface area contributed by atoms with Crippen molar-refractivity contribution in [2.45, 2.75) is 25.7 Å². The Bertz CT molecular complexity index is 449. The highest BCUT2D eigenvalue weighted by Gasteiger charge is 2.16. The van der Waals surface area contributed by atoms with Crippen LogP contribution in [0.4, 0.5) is 0 Å². The molecule has 0 aliphatic carbocycles. The van der Waals surface area contributed by atoms with Gasteiger partial charge in [0, 0.05) is 39.3 Å². The van der Waals surface area contributed by atoms with E-state index in [9.17, 15) is 9.59 Å². The first-order chi connectivity index (χ1) is 9.18. The summed E-state index contributed by atoms with van der Waals surface area (Å²) in [6, 6.07) is 1.65. The molecule has 1 aliphatic heterocycles. The van der Waals surface area contributed by atoms with Crippen LogP contribution in [0.3, 0.4) is 0 Å². The van der Waals surface area contributed by atoms with Gasteiger partial charge in [0.25, 0.3) is 5.91 Å². The van der Waals surface area contributed by atoms with Crippen LogP contribution in [0.1, 0.15) is 36.2 Å². The zero-order valence-electron chi connectivity index (χ0n) is 11.3. The van der Waals surface area contributed by atoms with Crippen LogP contribution >= 0.6 is 0 Å². The maximum atomic E-state index is 11.9. The number of nitrogens with zero attached hydrogens (tertiary/aromatic N) is 3. The van der Waals surface area contributed by atoms with Crippen molar-refractivity contribution in [2.24, 2.45) is 7.05 Å². The highest BCUT2D eigenvalue weighted by atomic mass is 16.2. The van der Waals surface area contributed by atoms with Crippen LogP contribution in [0.5, 0.6) is 0 Å². The molecule has 1 aliphatic rings. The van der Waals surface area contributed by atoms with Gasteiger partial charge in [-0.2, -0.15) is 5.10 Å². The number of hydrogen-bond donors (Lipinski definition) is 1. The van der Waals surface area contributed by atoms with Crippen LogP contribution in [-0.2, 0) is 11.8 Å². The normalized spacial score (nSPS) is 15.3. The maximum absolute atomic E-state index is 11.9. The fraction of sp³-hybridized carbons (Fsp3) is 0.615. The van der Waals surface area contributed by atoms with Gasteiger partial charge in [-0.1, -0.05) is 0 Å². The van der Waals surface area contributed by atoms with E-state index in [4.69, 9.17) is 0 Å². The summed E-state index contributed by atoms with van der Waals surface area (Å²) in [6.07, 6.45) is 5.33. The molecule has 0 spiro atoms. The smallest absolute Gasteiger partial charge is 0.269 e. The molecule has 6 heteroatoms. The summed E-state index contributed by atoms with van der Waals surface area (Å²) < 4.78 is 1.52. The molecular weight excluding hydrogens is 244 g/mol. The van der Waals surface area contributed by atoms with Crippen molar-refractivity contribution in [2.75, 3.05) is 19.6 Å². The predicted octanol–water partition coefficient (Wildman–Crippen LogP) is 0.552. The molecule has 1 fully saturated rings. The van der Waals surface area contributed by atoms with E-state index in [2.05, 4.69) is 10.4 Å². The number of nitrogens with one attached hydrogen (secondary N) is 1. The molecule has 104 valence electrons. The summed E-state index contributed by atoms with van der Waals surface area (Å²) in [4.78, 5) is 25.6. The first-order valence-electron chi connectivity index (χ1n) is 6.72. The quantitative estimate of drug-likeness (QED) is 0.863. The number of carbonyl (C=O) groups excluding carboxylic acids is 2. The molecule has 2 heterocycles. The topological polar surface area (TPSA) is 67.2 Å². The molecule has 2 amide bonds. The average Bonchev–Trinajstić information content (AvgIpc) is 2.86. The molecule has 0 saturated carbocycles. The highest BCUT2D eigenvalue weighted by Crippen LogP contribution is 2.09. The lowest BCUT2D eigenvalue weighted by Crippen LogP contribution is -2.38. The minimum Gasteiger partial charge on any atom is -0.350 e. The molecule has 1 aromatic heterocycles. The van der Waals surface area contributed by atoms with Gasteiger partial charge in [-0.3, -0.25) is 14.3 Å².